The third-order valence-electron chi connectivity index (χ3n) is 3.43. The van der Waals surface area contributed by atoms with Crippen LogP contribution in [0, 0.1) is 5.41 Å². The van der Waals surface area contributed by atoms with Crippen molar-refractivity contribution < 1.29 is 4.79 Å². The summed E-state index contributed by atoms with van der Waals surface area (Å²) in [5.74, 6) is 0.189. The molecule has 1 saturated heterocycles. The van der Waals surface area contributed by atoms with Gasteiger partial charge < -0.3 is 10.6 Å². The molecule has 1 aliphatic heterocycles. The molecule has 2 fully saturated rings. The molecule has 2 rings (SSSR count). The lowest BCUT2D eigenvalue weighted by molar-refractivity contribution is -0.119. The summed E-state index contributed by atoms with van der Waals surface area (Å²) in [6, 6.07) is 0.988. The molecule has 2 atom stereocenters. The molecule has 13 heavy (non-hydrogen) atoms. The topological polar surface area (TPSA) is 41.1 Å². The maximum absolute atomic E-state index is 11.0. The average Bonchev–Trinajstić information content (AvgIpc) is 2.46. The first kappa shape index (κ1) is 9.00. The van der Waals surface area contributed by atoms with Crippen molar-refractivity contribution in [1.29, 1.82) is 0 Å². The van der Waals surface area contributed by atoms with Crippen LogP contribution in [0.4, 0.5) is 0 Å². The van der Waals surface area contributed by atoms with Crippen molar-refractivity contribution >= 4 is 5.91 Å². The van der Waals surface area contributed by atoms with Gasteiger partial charge >= 0.3 is 0 Å². The molecule has 2 unspecified atom stereocenters. The second-order valence-electron chi connectivity index (χ2n) is 4.95. The zero-order chi connectivity index (χ0) is 9.47. The maximum atomic E-state index is 11.0. The fraction of sp³-hybridized carbons (Fsp3) is 0.900. The lowest BCUT2D eigenvalue weighted by Crippen LogP contribution is -2.53. The Balaban J connectivity index is 1.82. The molecule has 3 heteroatoms. The summed E-state index contributed by atoms with van der Waals surface area (Å²) in [5, 5.41) is 6.40. The zero-order valence-corrected chi connectivity index (χ0v) is 8.39. The molecule has 0 radical (unpaired) electrons. The average molecular weight is 182 g/mol. The van der Waals surface area contributed by atoms with E-state index in [1.165, 1.54) is 12.8 Å². The van der Waals surface area contributed by atoms with Gasteiger partial charge in [-0.1, -0.05) is 13.8 Å². The van der Waals surface area contributed by atoms with Gasteiger partial charge in [0.05, 0.1) is 0 Å². The highest BCUT2D eigenvalue weighted by atomic mass is 16.1. The van der Waals surface area contributed by atoms with E-state index in [1.54, 1.807) is 0 Å². The van der Waals surface area contributed by atoms with Crippen LogP contribution >= 0.6 is 0 Å². The van der Waals surface area contributed by atoms with E-state index >= 15 is 0 Å². The zero-order valence-electron chi connectivity index (χ0n) is 8.39. The Kier molecular flexibility index (Phi) is 2.06. The van der Waals surface area contributed by atoms with Crippen LogP contribution in [0.1, 0.15) is 33.1 Å². The van der Waals surface area contributed by atoms with Crippen LogP contribution in [0.2, 0.25) is 0 Å². The summed E-state index contributed by atoms with van der Waals surface area (Å²) in [6.07, 6.45) is 3.23. The van der Waals surface area contributed by atoms with E-state index in [9.17, 15) is 4.79 Å². The number of amides is 1. The van der Waals surface area contributed by atoms with Crippen LogP contribution in [-0.2, 0) is 4.79 Å². The van der Waals surface area contributed by atoms with Gasteiger partial charge in [0.25, 0.3) is 0 Å². The van der Waals surface area contributed by atoms with E-state index in [1.807, 2.05) is 0 Å². The van der Waals surface area contributed by atoms with Gasteiger partial charge in [0, 0.05) is 25.0 Å². The van der Waals surface area contributed by atoms with Crippen molar-refractivity contribution in [2.24, 2.45) is 5.41 Å². The predicted molar refractivity (Wildman–Crippen MR) is 51.4 cm³/mol. The fourth-order valence-electron chi connectivity index (χ4n) is 2.18. The van der Waals surface area contributed by atoms with Gasteiger partial charge in [0.1, 0.15) is 0 Å². The molecule has 2 N–H and O–H groups in total. The lowest BCUT2D eigenvalue weighted by Gasteiger charge is -2.46. The van der Waals surface area contributed by atoms with E-state index in [-0.39, 0.29) is 5.91 Å². The molecule has 1 amide bonds. The summed E-state index contributed by atoms with van der Waals surface area (Å²) in [5.41, 5.74) is 0.436. The van der Waals surface area contributed by atoms with Crippen molar-refractivity contribution in [2.75, 3.05) is 6.54 Å². The van der Waals surface area contributed by atoms with Crippen LogP contribution in [0.3, 0.4) is 0 Å². The van der Waals surface area contributed by atoms with E-state index in [2.05, 4.69) is 24.5 Å². The van der Waals surface area contributed by atoms with Crippen LogP contribution in [-0.4, -0.2) is 24.5 Å². The molecule has 0 aromatic carbocycles. The molecule has 1 aliphatic carbocycles. The van der Waals surface area contributed by atoms with E-state index < -0.39 is 0 Å². The quantitative estimate of drug-likeness (QED) is 0.658. The molecule has 1 heterocycles. The van der Waals surface area contributed by atoms with Crippen LogP contribution < -0.4 is 10.6 Å². The molecule has 0 spiro atoms. The first-order valence-corrected chi connectivity index (χ1v) is 5.11. The molecule has 1 saturated carbocycles. The van der Waals surface area contributed by atoms with Gasteiger partial charge in [-0.2, -0.15) is 0 Å². The first-order chi connectivity index (χ1) is 6.08. The van der Waals surface area contributed by atoms with Crippen LogP contribution in [0.15, 0.2) is 0 Å². The number of nitrogens with one attached hydrogen (secondary N) is 2. The smallest absolute Gasteiger partial charge is 0.221 e. The van der Waals surface area contributed by atoms with E-state index in [4.69, 9.17) is 0 Å². The van der Waals surface area contributed by atoms with Gasteiger partial charge in [0.15, 0.2) is 0 Å². The highest BCUT2D eigenvalue weighted by Gasteiger charge is 2.40. The monoisotopic (exact) mass is 182 g/mol. The Bertz CT molecular complexity index is 225. The Morgan fingerprint density at radius 2 is 2.31 bits per heavy atom. The number of hydrogen-bond donors (Lipinski definition) is 2. The highest BCUT2D eigenvalue weighted by molar-refractivity contribution is 5.78. The molecule has 74 valence electrons. The maximum Gasteiger partial charge on any atom is 0.221 e. The molecule has 0 bridgehead atoms. The minimum absolute atomic E-state index is 0.189. The Labute approximate surface area is 79.3 Å². The third-order valence-corrected chi connectivity index (χ3v) is 3.43. The minimum atomic E-state index is 0.189. The van der Waals surface area contributed by atoms with Crippen molar-refractivity contribution in [2.45, 2.75) is 45.2 Å². The van der Waals surface area contributed by atoms with Crippen molar-refractivity contribution in [3.8, 4) is 0 Å². The standard InChI is InChI=1S/C10H18N2O/c1-10(2)4-3-8(10)12-7-5-9(13)11-6-7/h7-8,12H,3-6H2,1-2H3,(H,11,13). The summed E-state index contributed by atoms with van der Waals surface area (Å²) >= 11 is 0. The normalized spacial score (nSPS) is 36.9. The minimum Gasteiger partial charge on any atom is -0.354 e. The Morgan fingerprint density at radius 1 is 1.54 bits per heavy atom. The van der Waals surface area contributed by atoms with Crippen molar-refractivity contribution in [1.82, 2.24) is 10.6 Å². The molecule has 0 aromatic rings. The fourth-order valence-corrected chi connectivity index (χ4v) is 2.18. The second-order valence-corrected chi connectivity index (χ2v) is 4.95. The highest BCUT2D eigenvalue weighted by Crippen LogP contribution is 2.40. The van der Waals surface area contributed by atoms with Crippen LogP contribution in [0.5, 0.6) is 0 Å². The summed E-state index contributed by atoms with van der Waals surface area (Å²) < 4.78 is 0. The van der Waals surface area contributed by atoms with Gasteiger partial charge in [-0.15, -0.1) is 0 Å². The molecule has 3 nitrogen and oxygen atoms in total. The second kappa shape index (κ2) is 2.98. The Morgan fingerprint density at radius 3 is 2.69 bits per heavy atom. The number of hydrogen-bond acceptors (Lipinski definition) is 2. The number of carbonyl (C=O) groups is 1. The van der Waals surface area contributed by atoms with Crippen molar-refractivity contribution in [3.05, 3.63) is 0 Å². The predicted octanol–water partition coefficient (Wildman–Crippen LogP) is 0.653. The van der Waals surface area contributed by atoms with Gasteiger partial charge in [-0.05, 0) is 18.3 Å². The molecular formula is C10H18N2O. The van der Waals surface area contributed by atoms with Gasteiger partial charge in [-0.25, -0.2) is 0 Å². The molecular weight excluding hydrogens is 164 g/mol. The van der Waals surface area contributed by atoms with E-state index in [0.717, 1.165) is 6.54 Å². The van der Waals surface area contributed by atoms with E-state index in [0.29, 0.717) is 23.9 Å². The molecule has 2 aliphatic rings. The first-order valence-electron chi connectivity index (χ1n) is 5.11. The lowest BCUT2D eigenvalue weighted by atomic mass is 9.67. The summed E-state index contributed by atoms with van der Waals surface area (Å²) in [4.78, 5) is 11.0. The number of carbonyl (C=O) groups excluding carboxylic acids is 1. The molecule has 0 aromatic heterocycles. The third kappa shape index (κ3) is 1.70. The van der Waals surface area contributed by atoms with Crippen LogP contribution in [0.25, 0.3) is 0 Å². The summed E-state index contributed by atoms with van der Waals surface area (Å²) in [6.45, 7) is 5.39. The van der Waals surface area contributed by atoms with Gasteiger partial charge in [0.2, 0.25) is 5.91 Å². The summed E-state index contributed by atoms with van der Waals surface area (Å²) in [7, 11) is 0. The number of rotatable bonds is 2. The van der Waals surface area contributed by atoms with Gasteiger partial charge in [-0.3, -0.25) is 4.79 Å². The van der Waals surface area contributed by atoms with Crippen molar-refractivity contribution in [3.63, 3.8) is 0 Å². The Hall–Kier alpha value is -0.570. The SMILES string of the molecule is CC1(C)CCC1NC1CNC(=O)C1. The largest absolute Gasteiger partial charge is 0.354 e.